The maximum absolute atomic E-state index is 12.2. The van der Waals surface area contributed by atoms with E-state index in [0.717, 1.165) is 38.4 Å². The van der Waals surface area contributed by atoms with Crippen molar-refractivity contribution >= 4 is 11.6 Å². The lowest BCUT2D eigenvalue weighted by atomic mass is 9.46. The second kappa shape index (κ2) is 5.56. The monoisotopic (exact) mass is 342 g/mol. The first kappa shape index (κ1) is 17.1. The summed E-state index contributed by atoms with van der Waals surface area (Å²) in [6.07, 6.45) is 10.2. The molecule has 0 amide bonds. The number of rotatable bonds is 1. The van der Waals surface area contributed by atoms with Crippen LogP contribution in [0.2, 0.25) is 0 Å². The molecular formula is C22H30O3. The molecule has 0 saturated heterocycles. The van der Waals surface area contributed by atoms with Crippen LogP contribution in [-0.2, 0) is 9.59 Å². The van der Waals surface area contributed by atoms with Gasteiger partial charge in [0.05, 0.1) is 6.26 Å². The number of Topliss-reactive ketones (excluding diaryl/α,β-unsaturated/α-hetero) is 1. The molecule has 0 aliphatic heterocycles. The van der Waals surface area contributed by atoms with Crippen LogP contribution in [0.4, 0.5) is 0 Å². The lowest BCUT2D eigenvalue weighted by molar-refractivity contribution is -0.128. The van der Waals surface area contributed by atoms with E-state index in [1.165, 1.54) is 12.0 Å². The molecule has 0 heterocycles. The first-order chi connectivity index (χ1) is 11.8. The molecule has 0 aromatic heterocycles. The van der Waals surface area contributed by atoms with Crippen molar-refractivity contribution in [2.45, 2.75) is 65.7 Å². The number of hydrogen-bond donors (Lipinski definition) is 1. The third kappa shape index (κ3) is 2.23. The average molecular weight is 342 g/mol. The molecule has 0 aromatic rings. The van der Waals surface area contributed by atoms with Gasteiger partial charge in [-0.1, -0.05) is 19.4 Å². The first-order valence-electron chi connectivity index (χ1n) is 9.90. The standard InChI is InChI=1S/C22H30O3/c1-13(24)17-6-7-18-16-5-4-15-10-20(25)14(12-23)11-22(15,3)19(16)8-9-21(17,18)2/h10,12,16-19,23H,4-9,11H2,1-3H3/t16-,17+,18-,19-,21+,22-/m0/s1. The van der Waals surface area contributed by atoms with E-state index < -0.39 is 0 Å². The Bertz CT molecular complexity index is 687. The molecule has 4 rings (SSSR count). The van der Waals surface area contributed by atoms with Gasteiger partial charge in [0, 0.05) is 11.5 Å². The normalized spacial score (nSPS) is 47.7. The fraction of sp³-hybridized carbons (Fsp3) is 0.727. The molecular weight excluding hydrogens is 312 g/mol. The third-order valence-corrected chi connectivity index (χ3v) is 8.56. The Morgan fingerprint density at radius 2 is 1.96 bits per heavy atom. The molecule has 3 nitrogen and oxygen atoms in total. The molecule has 0 radical (unpaired) electrons. The van der Waals surface area contributed by atoms with Crippen LogP contribution in [0.3, 0.4) is 0 Å². The van der Waals surface area contributed by atoms with Crippen LogP contribution < -0.4 is 0 Å². The maximum Gasteiger partial charge on any atom is 0.184 e. The Morgan fingerprint density at radius 3 is 2.64 bits per heavy atom. The van der Waals surface area contributed by atoms with Crippen molar-refractivity contribution in [2.24, 2.45) is 34.5 Å². The summed E-state index contributed by atoms with van der Waals surface area (Å²) in [6, 6.07) is 0. The van der Waals surface area contributed by atoms with Gasteiger partial charge in [0.15, 0.2) is 5.78 Å². The quantitative estimate of drug-likeness (QED) is 0.551. The van der Waals surface area contributed by atoms with Crippen molar-refractivity contribution in [1.82, 2.24) is 0 Å². The zero-order valence-electron chi connectivity index (χ0n) is 15.7. The molecule has 4 aliphatic carbocycles. The zero-order valence-corrected chi connectivity index (χ0v) is 15.7. The number of aliphatic hydroxyl groups excluding tert-OH is 1. The van der Waals surface area contributed by atoms with Gasteiger partial charge in [-0.2, -0.15) is 0 Å². The van der Waals surface area contributed by atoms with Crippen LogP contribution >= 0.6 is 0 Å². The van der Waals surface area contributed by atoms with Gasteiger partial charge in [-0.05, 0) is 86.5 Å². The Morgan fingerprint density at radius 1 is 1.20 bits per heavy atom. The SMILES string of the molecule is CC(=O)[C@H]1CC[C@H]2[C@@H]3CCC4=CC(=O)C(=CO)C[C@]4(C)[C@H]3CC[C@]12C. The van der Waals surface area contributed by atoms with Gasteiger partial charge >= 0.3 is 0 Å². The molecule has 0 aromatic carbocycles. The van der Waals surface area contributed by atoms with Crippen molar-refractivity contribution < 1.29 is 14.7 Å². The number of fused-ring (bicyclic) bond motifs is 5. The minimum Gasteiger partial charge on any atom is -0.515 e. The van der Waals surface area contributed by atoms with E-state index in [1.54, 1.807) is 6.92 Å². The molecule has 6 atom stereocenters. The lowest BCUT2D eigenvalue weighted by Gasteiger charge is -2.58. The van der Waals surface area contributed by atoms with Gasteiger partial charge in [-0.25, -0.2) is 0 Å². The molecule has 3 saturated carbocycles. The summed E-state index contributed by atoms with van der Waals surface area (Å²) in [5, 5.41) is 9.50. The average Bonchev–Trinajstić information content (AvgIpc) is 2.92. The highest BCUT2D eigenvalue weighted by atomic mass is 16.2. The van der Waals surface area contributed by atoms with E-state index in [0.29, 0.717) is 35.5 Å². The third-order valence-electron chi connectivity index (χ3n) is 8.56. The Labute approximate surface area is 150 Å². The smallest absolute Gasteiger partial charge is 0.184 e. The fourth-order valence-corrected chi connectivity index (χ4v) is 7.32. The minimum atomic E-state index is -0.00779. The molecule has 25 heavy (non-hydrogen) atoms. The van der Waals surface area contributed by atoms with Crippen molar-refractivity contribution in [2.75, 3.05) is 0 Å². The summed E-state index contributed by atoms with van der Waals surface area (Å²) >= 11 is 0. The first-order valence-corrected chi connectivity index (χ1v) is 9.90. The highest BCUT2D eigenvalue weighted by Gasteiger charge is 2.59. The van der Waals surface area contributed by atoms with E-state index >= 15 is 0 Å². The fourth-order valence-electron chi connectivity index (χ4n) is 7.32. The molecule has 0 unspecified atom stereocenters. The second-order valence-electron chi connectivity index (χ2n) is 9.48. The summed E-state index contributed by atoms with van der Waals surface area (Å²) in [7, 11) is 0. The molecule has 4 aliphatic rings. The summed E-state index contributed by atoms with van der Waals surface area (Å²) in [6.45, 7) is 6.45. The number of allylic oxidation sites excluding steroid dienone is 2. The van der Waals surface area contributed by atoms with Crippen LogP contribution in [-0.4, -0.2) is 16.7 Å². The van der Waals surface area contributed by atoms with Crippen LogP contribution in [0, 0.1) is 34.5 Å². The molecule has 136 valence electrons. The molecule has 1 N–H and O–H groups in total. The van der Waals surface area contributed by atoms with Gasteiger partial charge in [0.2, 0.25) is 0 Å². The van der Waals surface area contributed by atoms with Gasteiger partial charge < -0.3 is 5.11 Å². The van der Waals surface area contributed by atoms with Crippen LogP contribution in [0.1, 0.15) is 65.7 Å². The number of carbonyl (C=O) groups is 2. The summed E-state index contributed by atoms with van der Waals surface area (Å²) in [4.78, 5) is 24.4. The van der Waals surface area contributed by atoms with Crippen LogP contribution in [0.15, 0.2) is 23.5 Å². The summed E-state index contributed by atoms with van der Waals surface area (Å²) in [5.41, 5.74) is 2.04. The Hall–Kier alpha value is -1.38. The highest BCUT2D eigenvalue weighted by molar-refractivity contribution is 6.05. The maximum atomic E-state index is 12.2. The van der Waals surface area contributed by atoms with Crippen molar-refractivity contribution in [3.05, 3.63) is 23.5 Å². The van der Waals surface area contributed by atoms with Gasteiger partial charge in [0.25, 0.3) is 0 Å². The minimum absolute atomic E-state index is 0.00102. The molecule has 3 heteroatoms. The van der Waals surface area contributed by atoms with Crippen molar-refractivity contribution in [3.63, 3.8) is 0 Å². The topological polar surface area (TPSA) is 54.4 Å². The molecule has 0 spiro atoms. The van der Waals surface area contributed by atoms with E-state index in [1.807, 2.05) is 6.08 Å². The highest BCUT2D eigenvalue weighted by Crippen LogP contribution is 2.66. The second-order valence-corrected chi connectivity index (χ2v) is 9.48. The van der Waals surface area contributed by atoms with E-state index in [-0.39, 0.29) is 22.5 Å². The zero-order chi connectivity index (χ0) is 18.0. The van der Waals surface area contributed by atoms with E-state index in [2.05, 4.69) is 13.8 Å². The lowest BCUT2D eigenvalue weighted by Crippen LogP contribution is -2.51. The number of hydrogen-bond acceptors (Lipinski definition) is 3. The van der Waals surface area contributed by atoms with E-state index in [4.69, 9.17) is 0 Å². The Balaban J connectivity index is 1.69. The van der Waals surface area contributed by atoms with E-state index in [9.17, 15) is 14.7 Å². The van der Waals surface area contributed by atoms with Crippen molar-refractivity contribution in [1.29, 1.82) is 0 Å². The summed E-state index contributed by atoms with van der Waals surface area (Å²) < 4.78 is 0. The predicted octanol–water partition coefficient (Wildman–Crippen LogP) is 4.78. The predicted molar refractivity (Wildman–Crippen MR) is 97.0 cm³/mol. The number of ketones is 2. The van der Waals surface area contributed by atoms with Crippen LogP contribution in [0.5, 0.6) is 0 Å². The van der Waals surface area contributed by atoms with Crippen LogP contribution in [0.25, 0.3) is 0 Å². The molecule has 0 bridgehead atoms. The summed E-state index contributed by atoms with van der Waals surface area (Å²) in [5.74, 6) is 2.46. The number of aliphatic hydroxyl groups is 1. The number of carbonyl (C=O) groups excluding carboxylic acids is 2. The Kier molecular flexibility index (Phi) is 3.79. The van der Waals surface area contributed by atoms with Gasteiger partial charge in [-0.3, -0.25) is 9.59 Å². The van der Waals surface area contributed by atoms with Gasteiger partial charge in [-0.15, -0.1) is 0 Å². The van der Waals surface area contributed by atoms with Crippen molar-refractivity contribution in [3.8, 4) is 0 Å². The van der Waals surface area contributed by atoms with Gasteiger partial charge in [0.1, 0.15) is 5.78 Å². The largest absolute Gasteiger partial charge is 0.515 e. The molecule has 3 fully saturated rings.